The maximum Gasteiger partial charge on any atom is 0.336 e. The van der Waals surface area contributed by atoms with Crippen LogP contribution in [0.1, 0.15) is 46.5 Å². The summed E-state index contributed by atoms with van der Waals surface area (Å²) in [4.78, 5) is 12.1. The summed E-state index contributed by atoms with van der Waals surface area (Å²) in [5.41, 5.74) is -0.255. The topological polar surface area (TPSA) is 91.8 Å². The van der Waals surface area contributed by atoms with Gasteiger partial charge >= 0.3 is 5.97 Å². The van der Waals surface area contributed by atoms with E-state index in [9.17, 15) is 15.0 Å². The highest BCUT2D eigenvalue weighted by Crippen LogP contribution is 2.66. The van der Waals surface area contributed by atoms with Crippen LogP contribution in [0.15, 0.2) is 11.6 Å². The predicted octanol–water partition coefficient (Wildman–Crippen LogP) is 1.83. The molecule has 7 atom stereocenters. The number of aliphatic hydroxyl groups is 2. The molecule has 6 heteroatoms. The number of allylic oxidation sites excluding steroid dienone is 1. The van der Waals surface area contributed by atoms with Crippen LogP contribution in [0.3, 0.4) is 0 Å². The summed E-state index contributed by atoms with van der Waals surface area (Å²) in [6, 6.07) is 0. The molecule has 4 fully saturated rings. The minimum atomic E-state index is -0.491. The maximum absolute atomic E-state index is 12.1. The molecule has 0 radical (unpaired) electrons. The third-order valence-electron chi connectivity index (χ3n) is 7.89. The minimum Gasteiger partial charge on any atom is -0.466 e. The molecular weight excluding hydrogens is 348 g/mol. The Kier molecular flexibility index (Phi) is 4.50. The van der Waals surface area contributed by atoms with Crippen molar-refractivity contribution in [3.63, 3.8) is 0 Å². The summed E-state index contributed by atoms with van der Waals surface area (Å²) in [7, 11) is 1.39. The molecule has 2 saturated carbocycles. The first-order chi connectivity index (χ1) is 12.7. The second-order valence-electron chi connectivity index (χ2n) is 9.75. The summed E-state index contributed by atoms with van der Waals surface area (Å²) in [5, 5.41) is 21.6. The van der Waals surface area contributed by atoms with Crippen LogP contribution in [0.2, 0.25) is 0 Å². The Morgan fingerprint density at radius 1 is 1.30 bits per heavy atom. The third-order valence-corrected chi connectivity index (χ3v) is 7.89. The normalized spacial score (nSPS) is 48.1. The minimum absolute atomic E-state index is 0.0132. The number of ether oxygens (including phenoxy) is 3. The fourth-order valence-electron chi connectivity index (χ4n) is 6.41. The molecule has 27 heavy (non-hydrogen) atoms. The number of methoxy groups -OCH3 is 1. The van der Waals surface area contributed by atoms with E-state index in [0.717, 1.165) is 12.8 Å². The first-order valence-corrected chi connectivity index (χ1v) is 10.1. The lowest BCUT2D eigenvalue weighted by atomic mass is 9.44. The molecule has 0 bridgehead atoms. The van der Waals surface area contributed by atoms with Crippen LogP contribution < -0.4 is 0 Å². The van der Waals surface area contributed by atoms with Gasteiger partial charge in [-0.25, -0.2) is 4.79 Å². The Morgan fingerprint density at radius 3 is 2.52 bits per heavy atom. The zero-order valence-electron chi connectivity index (χ0n) is 16.7. The summed E-state index contributed by atoms with van der Waals surface area (Å²) in [6.07, 6.45) is 3.75. The summed E-state index contributed by atoms with van der Waals surface area (Å²) < 4.78 is 16.2. The average molecular weight is 380 g/mol. The van der Waals surface area contributed by atoms with Gasteiger partial charge in [0.05, 0.1) is 43.7 Å². The van der Waals surface area contributed by atoms with Crippen molar-refractivity contribution in [1.82, 2.24) is 0 Å². The van der Waals surface area contributed by atoms with Crippen LogP contribution in [0, 0.1) is 22.7 Å². The van der Waals surface area contributed by atoms with E-state index >= 15 is 0 Å². The van der Waals surface area contributed by atoms with Crippen LogP contribution in [0.4, 0.5) is 0 Å². The van der Waals surface area contributed by atoms with E-state index in [1.165, 1.54) is 7.11 Å². The van der Waals surface area contributed by atoms with Gasteiger partial charge in [0.1, 0.15) is 6.10 Å². The molecule has 4 rings (SSSR count). The van der Waals surface area contributed by atoms with E-state index in [-0.39, 0.29) is 40.3 Å². The van der Waals surface area contributed by atoms with Gasteiger partial charge in [-0.3, -0.25) is 0 Å². The first-order valence-electron chi connectivity index (χ1n) is 10.1. The molecule has 0 aromatic carbocycles. The van der Waals surface area contributed by atoms with Gasteiger partial charge in [-0.15, -0.1) is 0 Å². The van der Waals surface area contributed by atoms with Crippen LogP contribution in [-0.2, 0) is 19.0 Å². The van der Waals surface area contributed by atoms with Gasteiger partial charge in [-0.05, 0) is 41.9 Å². The van der Waals surface area contributed by atoms with Crippen molar-refractivity contribution in [3.8, 4) is 0 Å². The molecule has 152 valence electrons. The van der Waals surface area contributed by atoms with Crippen molar-refractivity contribution in [1.29, 1.82) is 0 Å². The highest BCUT2D eigenvalue weighted by Gasteiger charge is 2.68. The average Bonchev–Trinajstić information content (AvgIpc) is 3.50. The van der Waals surface area contributed by atoms with Crippen LogP contribution >= 0.6 is 0 Å². The zero-order chi connectivity index (χ0) is 19.6. The standard InChI is InChI=1S/C21H32O6/c1-19(2)16(23)7-8-20(3)15(21(11-27-21)9-13(22)17(19)20)6-5-12(14-10-26-14)18(24)25-4/h5,13-17,22-23H,6-11H2,1-4H3/b12-5+/t13-,14-,15-,16+,17-,20-,21+/m1/s1. The number of epoxide rings is 2. The number of rotatable bonds is 4. The molecule has 0 aromatic heterocycles. The van der Waals surface area contributed by atoms with Crippen molar-refractivity contribution in [2.24, 2.45) is 22.7 Å². The van der Waals surface area contributed by atoms with Gasteiger partial charge < -0.3 is 24.4 Å². The quantitative estimate of drug-likeness (QED) is 0.439. The zero-order valence-corrected chi connectivity index (χ0v) is 16.7. The van der Waals surface area contributed by atoms with E-state index in [4.69, 9.17) is 14.2 Å². The molecule has 1 spiro atoms. The molecule has 2 aliphatic heterocycles. The van der Waals surface area contributed by atoms with E-state index < -0.39 is 12.2 Å². The highest BCUT2D eigenvalue weighted by atomic mass is 16.6. The SMILES string of the molecule is COC(=O)/C(=C/C[C@H]1[C@@]2(CO2)C[C@@H](O)[C@@H]2C(C)(C)[C@@H](O)CC[C@@]21C)[C@H]1CO1. The van der Waals surface area contributed by atoms with Crippen LogP contribution in [0.5, 0.6) is 0 Å². The second kappa shape index (κ2) is 6.28. The molecule has 6 nitrogen and oxygen atoms in total. The molecule has 2 aliphatic carbocycles. The lowest BCUT2D eigenvalue weighted by Gasteiger charge is -2.61. The summed E-state index contributed by atoms with van der Waals surface area (Å²) in [5.74, 6) is -0.162. The van der Waals surface area contributed by atoms with Crippen molar-refractivity contribution in [2.45, 2.75) is 70.4 Å². The van der Waals surface area contributed by atoms with E-state index in [2.05, 4.69) is 20.8 Å². The monoisotopic (exact) mass is 380 g/mol. The Labute approximate surface area is 160 Å². The third kappa shape index (κ3) is 2.96. The Balaban J connectivity index is 1.67. The van der Waals surface area contributed by atoms with Gasteiger partial charge in [0.25, 0.3) is 0 Å². The van der Waals surface area contributed by atoms with E-state index in [1.54, 1.807) is 0 Å². The number of hydrogen-bond donors (Lipinski definition) is 2. The number of esters is 1. The number of fused-ring (bicyclic) bond motifs is 1. The van der Waals surface area contributed by atoms with Gasteiger partial charge in [0.15, 0.2) is 0 Å². The lowest BCUT2D eigenvalue weighted by Crippen LogP contribution is -2.63. The first kappa shape index (κ1) is 19.4. The Bertz CT molecular complexity index is 647. The fraction of sp³-hybridized carbons (Fsp3) is 0.857. The Morgan fingerprint density at radius 2 is 1.96 bits per heavy atom. The molecule has 0 unspecified atom stereocenters. The number of hydrogen-bond acceptors (Lipinski definition) is 6. The maximum atomic E-state index is 12.1. The summed E-state index contributed by atoms with van der Waals surface area (Å²) >= 11 is 0. The molecule has 2 heterocycles. The van der Waals surface area contributed by atoms with E-state index in [0.29, 0.717) is 31.6 Å². The fourth-order valence-corrected chi connectivity index (χ4v) is 6.41. The lowest BCUT2D eigenvalue weighted by molar-refractivity contribution is -0.198. The smallest absolute Gasteiger partial charge is 0.336 e. The molecule has 0 aromatic rings. The van der Waals surface area contributed by atoms with Crippen LogP contribution in [-0.4, -0.2) is 60.4 Å². The predicted molar refractivity (Wildman–Crippen MR) is 97.9 cm³/mol. The number of carbonyl (C=O) groups excluding carboxylic acids is 1. The van der Waals surface area contributed by atoms with Gasteiger partial charge in [0.2, 0.25) is 0 Å². The molecule has 2 saturated heterocycles. The van der Waals surface area contributed by atoms with Crippen molar-refractivity contribution >= 4 is 5.97 Å². The van der Waals surface area contributed by atoms with Gasteiger partial charge in [-0.1, -0.05) is 26.8 Å². The largest absolute Gasteiger partial charge is 0.466 e. The second-order valence-corrected chi connectivity index (χ2v) is 9.75. The number of aliphatic hydroxyl groups excluding tert-OH is 2. The van der Waals surface area contributed by atoms with Crippen molar-refractivity contribution in [2.75, 3.05) is 20.3 Å². The molecule has 0 amide bonds. The van der Waals surface area contributed by atoms with Crippen molar-refractivity contribution < 1.29 is 29.2 Å². The highest BCUT2D eigenvalue weighted by molar-refractivity contribution is 5.90. The van der Waals surface area contributed by atoms with Gasteiger partial charge in [0, 0.05) is 6.42 Å². The van der Waals surface area contributed by atoms with E-state index in [1.807, 2.05) is 6.08 Å². The van der Waals surface area contributed by atoms with Crippen LogP contribution in [0.25, 0.3) is 0 Å². The van der Waals surface area contributed by atoms with Gasteiger partial charge in [-0.2, -0.15) is 0 Å². The number of carbonyl (C=O) groups is 1. The summed E-state index contributed by atoms with van der Waals surface area (Å²) in [6.45, 7) is 7.59. The molecule has 4 aliphatic rings. The van der Waals surface area contributed by atoms with Crippen molar-refractivity contribution in [3.05, 3.63) is 11.6 Å². The molecule has 2 N–H and O–H groups in total. The Hall–Kier alpha value is -0.950. The molecular formula is C21H32O6.